The lowest BCUT2D eigenvalue weighted by atomic mass is 9.93. The van der Waals surface area contributed by atoms with Crippen LogP contribution in [0.15, 0.2) is 58.8 Å². The number of phenolic OH excluding ortho intramolecular Hbond substituents is 1. The molecule has 1 aliphatic heterocycles. The number of halogens is 2. The fourth-order valence-corrected chi connectivity index (χ4v) is 5.81. The number of aryl methyl sites for hydroxylation is 1. The Morgan fingerprint density at radius 3 is 2.55 bits per heavy atom. The second-order valence-corrected chi connectivity index (χ2v) is 10.9. The average Bonchev–Trinajstić information content (AvgIpc) is 2.95. The summed E-state index contributed by atoms with van der Waals surface area (Å²) >= 11 is 0. The van der Waals surface area contributed by atoms with E-state index in [1.165, 1.54) is 22.8 Å². The number of aromatic nitrogens is 4. The van der Waals surface area contributed by atoms with Crippen molar-refractivity contribution in [1.29, 1.82) is 0 Å². The van der Waals surface area contributed by atoms with Gasteiger partial charge in [-0.05, 0) is 55.0 Å². The molecule has 218 valence electrons. The van der Waals surface area contributed by atoms with Crippen LogP contribution in [0.2, 0.25) is 0 Å². The van der Waals surface area contributed by atoms with Crippen LogP contribution in [0.5, 0.6) is 5.75 Å². The highest BCUT2D eigenvalue weighted by Gasteiger charge is 2.33. The zero-order valence-electron chi connectivity index (χ0n) is 23.8. The monoisotopic (exact) mass is 575 g/mol. The first kappa shape index (κ1) is 28.8. The number of likely N-dealkylation sites (tertiary alicyclic amines) is 1. The van der Waals surface area contributed by atoms with E-state index < -0.39 is 45.8 Å². The molecule has 9 nitrogen and oxygen atoms in total. The Hall–Kier alpha value is -4.67. The van der Waals surface area contributed by atoms with Gasteiger partial charge < -0.3 is 10.0 Å². The normalized spacial score (nSPS) is 17.2. The number of fused-ring (bicyclic) bond motifs is 1. The Kier molecular flexibility index (Phi) is 7.53. The van der Waals surface area contributed by atoms with Crippen molar-refractivity contribution in [2.45, 2.75) is 46.1 Å². The third kappa shape index (κ3) is 4.68. The van der Waals surface area contributed by atoms with E-state index in [4.69, 9.17) is 0 Å². The molecule has 42 heavy (non-hydrogen) atoms. The SMILES string of the molecule is C=CC(=O)N1CCC(n2c(=O)c(=O)n(-c3c(C)ccnc3C(C)C)c3nc(-c4c(O)cccc4F)c(F)cc32)C(C)C1. The zero-order chi connectivity index (χ0) is 30.5. The lowest BCUT2D eigenvalue weighted by Gasteiger charge is -2.37. The number of benzene rings is 1. The first-order valence-electron chi connectivity index (χ1n) is 13.7. The summed E-state index contributed by atoms with van der Waals surface area (Å²) in [4.78, 5) is 50.7. The minimum atomic E-state index is -0.986. The van der Waals surface area contributed by atoms with E-state index in [1.54, 1.807) is 24.1 Å². The van der Waals surface area contributed by atoms with Gasteiger partial charge in [-0.15, -0.1) is 0 Å². The van der Waals surface area contributed by atoms with E-state index in [-0.39, 0.29) is 28.9 Å². The Morgan fingerprint density at radius 2 is 1.90 bits per heavy atom. The largest absolute Gasteiger partial charge is 0.507 e. The summed E-state index contributed by atoms with van der Waals surface area (Å²) in [7, 11) is 0. The molecular formula is C31H31F2N5O4. The summed E-state index contributed by atoms with van der Waals surface area (Å²) in [6, 6.07) is 5.72. The van der Waals surface area contributed by atoms with Crippen molar-refractivity contribution in [3.63, 3.8) is 0 Å². The Bertz CT molecular complexity index is 1840. The van der Waals surface area contributed by atoms with Gasteiger partial charge in [0, 0.05) is 31.4 Å². The van der Waals surface area contributed by atoms with Crippen LogP contribution in [0.25, 0.3) is 28.1 Å². The van der Waals surface area contributed by atoms with Crippen molar-refractivity contribution in [1.82, 2.24) is 24.0 Å². The molecular weight excluding hydrogens is 544 g/mol. The molecule has 3 aromatic heterocycles. The van der Waals surface area contributed by atoms with Crippen molar-refractivity contribution in [2.24, 2.45) is 5.92 Å². The molecule has 2 unspecified atom stereocenters. The van der Waals surface area contributed by atoms with Gasteiger partial charge in [0.05, 0.1) is 22.5 Å². The summed E-state index contributed by atoms with van der Waals surface area (Å²) < 4.78 is 33.2. The molecule has 1 amide bonds. The number of hydrogen-bond acceptors (Lipinski definition) is 6. The summed E-state index contributed by atoms with van der Waals surface area (Å²) in [6.07, 6.45) is 3.13. The maximum Gasteiger partial charge on any atom is 0.322 e. The van der Waals surface area contributed by atoms with Crippen molar-refractivity contribution in [3.05, 3.63) is 92.8 Å². The fraction of sp³-hybridized carbons (Fsp3) is 0.323. The Labute approximate surface area is 240 Å². The van der Waals surface area contributed by atoms with Gasteiger partial charge in [-0.1, -0.05) is 33.4 Å². The number of piperidine rings is 1. The van der Waals surface area contributed by atoms with Crippen LogP contribution in [0.4, 0.5) is 8.78 Å². The Morgan fingerprint density at radius 1 is 1.17 bits per heavy atom. The topological polar surface area (TPSA) is 110 Å². The summed E-state index contributed by atoms with van der Waals surface area (Å²) in [6.45, 7) is 11.5. The van der Waals surface area contributed by atoms with Crippen LogP contribution < -0.4 is 11.1 Å². The lowest BCUT2D eigenvalue weighted by molar-refractivity contribution is -0.128. The molecule has 5 rings (SSSR count). The predicted octanol–water partition coefficient (Wildman–Crippen LogP) is 4.62. The van der Waals surface area contributed by atoms with Gasteiger partial charge in [-0.3, -0.25) is 28.5 Å². The maximum absolute atomic E-state index is 15.9. The van der Waals surface area contributed by atoms with Gasteiger partial charge in [-0.25, -0.2) is 13.8 Å². The van der Waals surface area contributed by atoms with Crippen LogP contribution in [-0.2, 0) is 4.79 Å². The molecule has 0 bridgehead atoms. The second-order valence-electron chi connectivity index (χ2n) is 10.9. The van der Waals surface area contributed by atoms with Gasteiger partial charge in [0.15, 0.2) is 11.5 Å². The molecule has 0 spiro atoms. The van der Waals surface area contributed by atoms with E-state index in [0.29, 0.717) is 36.5 Å². The van der Waals surface area contributed by atoms with Gasteiger partial charge in [0.25, 0.3) is 0 Å². The summed E-state index contributed by atoms with van der Waals surface area (Å²) in [5.74, 6) is -3.12. The number of phenols is 1. The van der Waals surface area contributed by atoms with Crippen LogP contribution >= 0.6 is 0 Å². The molecule has 1 saturated heterocycles. The van der Waals surface area contributed by atoms with Crippen LogP contribution in [0.3, 0.4) is 0 Å². The average molecular weight is 576 g/mol. The lowest BCUT2D eigenvalue weighted by Crippen LogP contribution is -2.49. The third-order valence-corrected chi connectivity index (χ3v) is 7.84. The van der Waals surface area contributed by atoms with Crippen LogP contribution in [0.1, 0.15) is 50.4 Å². The standard InChI is InChI=1S/C31H31F2N5O4/c1-6-24(40)36-13-11-21(18(5)15-36)37-22-14-20(33)27(25-19(32)8-7-9-23(25)39)35-29(22)38(31(42)30(37)41)28-17(4)10-12-34-26(28)16(2)3/h6-10,12,14,16,18,21,39H,1,11,13,15H2,2-5H3. The van der Waals surface area contributed by atoms with E-state index >= 15 is 4.39 Å². The molecule has 1 aromatic carbocycles. The second kappa shape index (κ2) is 11.0. The predicted molar refractivity (Wildman–Crippen MR) is 155 cm³/mol. The van der Waals surface area contributed by atoms with Crippen molar-refractivity contribution in [3.8, 4) is 22.7 Å². The van der Waals surface area contributed by atoms with E-state index in [9.17, 15) is 23.9 Å². The molecule has 4 aromatic rings. The third-order valence-electron chi connectivity index (χ3n) is 7.84. The number of carbonyl (C=O) groups is 1. The molecule has 11 heteroatoms. The van der Waals surface area contributed by atoms with Gasteiger partial charge in [-0.2, -0.15) is 0 Å². The fourth-order valence-electron chi connectivity index (χ4n) is 5.81. The molecule has 0 aliphatic carbocycles. The van der Waals surface area contributed by atoms with Crippen molar-refractivity contribution < 1.29 is 18.7 Å². The van der Waals surface area contributed by atoms with Crippen LogP contribution in [-0.4, -0.2) is 48.1 Å². The summed E-state index contributed by atoms with van der Waals surface area (Å²) in [5, 5.41) is 10.5. The zero-order valence-corrected chi connectivity index (χ0v) is 23.8. The quantitative estimate of drug-likeness (QED) is 0.275. The van der Waals surface area contributed by atoms with Gasteiger partial charge >= 0.3 is 11.1 Å². The first-order chi connectivity index (χ1) is 20.0. The molecule has 2 atom stereocenters. The maximum atomic E-state index is 15.9. The van der Waals surface area contributed by atoms with Crippen molar-refractivity contribution >= 4 is 17.1 Å². The van der Waals surface area contributed by atoms with Crippen molar-refractivity contribution in [2.75, 3.05) is 13.1 Å². The van der Waals surface area contributed by atoms with Crippen LogP contribution in [0, 0.1) is 24.5 Å². The number of pyridine rings is 2. The summed E-state index contributed by atoms with van der Waals surface area (Å²) in [5.41, 5.74) is -1.39. The first-order valence-corrected chi connectivity index (χ1v) is 13.7. The molecule has 1 aliphatic rings. The molecule has 0 saturated carbocycles. The highest BCUT2D eigenvalue weighted by molar-refractivity contribution is 5.87. The highest BCUT2D eigenvalue weighted by Crippen LogP contribution is 2.36. The van der Waals surface area contributed by atoms with E-state index in [1.807, 2.05) is 20.8 Å². The number of nitrogens with zero attached hydrogens (tertiary/aromatic N) is 5. The number of amides is 1. The van der Waals surface area contributed by atoms with E-state index in [0.717, 1.165) is 16.7 Å². The number of hydrogen-bond donors (Lipinski definition) is 1. The van der Waals surface area contributed by atoms with E-state index in [2.05, 4.69) is 16.5 Å². The highest BCUT2D eigenvalue weighted by atomic mass is 19.1. The minimum Gasteiger partial charge on any atom is -0.507 e. The molecule has 1 fully saturated rings. The number of rotatable bonds is 5. The Balaban J connectivity index is 1.89. The van der Waals surface area contributed by atoms with Gasteiger partial charge in [0.1, 0.15) is 17.3 Å². The molecule has 1 N–H and O–H groups in total. The number of carbonyl (C=O) groups excluding carboxylic acids is 1. The number of aromatic hydroxyl groups is 1. The minimum absolute atomic E-state index is 0.0231. The molecule has 4 heterocycles. The van der Waals surface area contributed by atoms with Gasteiger partial charge in [0.2, 0.25) is 5.91 Å². The molecule has 0 radical (unpaired) electrons. The smallest absolute Gasteiger partial charge is 0.322 e.